The number of alkyl halides is 3. The maximum Gasteiger partial charge on any atom is 0.490 e. The smallest absolute Gasteiger partial charge is 0.475 e. The van der Waals surface area contributed by atoms with Crippen LogP contribution in [0.25, 0.3) is 33.3 Å². The molecule has 0 radical (unpaired) electrons. The van der Waals surface area contributed by atoms with E-state index in [9.17, 15) is 13.2 Å². The fourth-order valence-corrected chi connectivity index (χ4v) is 3.56. The fourth-order valence-electron chi connectivity index (χ4n) is 3.56. The lowest BCUT2D eigenvalue weighted by molar-refractivity contribution is -0.192. The number of carbonyl (C=O) groups is 1. The molecule has 1 fully saturated rings. The van der Waals surface area contributed by atoms with Crippen molar-refractivity contribution in [3.05, 3.63) is 47.9 Å². The molecule has 0 saturated heterocycles. The number of hydrogen-bond acceptors (Lipinski definition) is 4. The Labute approximate surface area is 181 Å². The monoisotopic (exact) mass is 445 g/mol. The van der Waals surface area contributed by atoms with Crippen LogP contribution in [0.1, 0.15) is 30.7 Å². The average molecular weight is 445 g/mol. The van der Waals surface area contributed by atoms with Crippen molar-refractivity contribution >= 4 is 28.0 Å². The zero-order chi connectivity index (χ0) is 22.9. The number of hydrogen-bond donors (Lipinski definition) is 4. The molecule has 0 spiro atoms. The number of aliphatic carboxylic acids is 1. The van der Waals surface area contributed by atoms with E-state index in [1.54, 1.807) is 0 Å². The van der Waals surface area contributed by atoms with Crippen molar-refractivity contribution in [3.8, 4) is 11.3 Å². The molecule has 0 amide bonds. The lowest BCUT2D eigenvalue weighted by Crippen LogP contribution is -2.34. The number of aryl methyl sites for hydroxylation is 1. The lowest BCUT2D eigenvalue weighted by Gasteiger charge is -2.26. The van der Waals surface area contributed by atoms with Gasteiger partial charge in [-0.15, -0.1) is 0 Å². The molecule has 3 heterocycles. The van der Waals surface area contributed by atoms with Crippen molar-refractivity contribution < 1.29 is 23.1 Å². The van der Waals surface area contributed by atoms with Gasteiger partial charge in [0.25, 0.3) is 0 Å². The number of nitrogens with zero attached hydrogens (tertiary/aromatic N) is 2. The number of benzene rings is 1. The van der Waals surface area contributed by atoms with Crippen LogP contribution in [-0.4, -0.2) is 43.2 Å². The van der Waals surface area contributed by atoms with Crippen LogP contribution in [0, 0.1) is 6.92 Å². The molecule has 3 aromatic heterocycles. The van der Waals surface area contributed by atoms with E-state index in [2.05, 4.69) is 49.5 Å². The molecule has 7 nitrogen and oxygen atoms in total. The first-order valence-electron chi connectivity index (χ1n) is 10.2. The van der Waals surface area contributed by atoms with Crippen LogP contribution in [0.4, 0.5) is 13.2 Å². The van der Waals surface area contributed by atoms with Crippen LogP contribution >= 0.6 is 0 Å². The molecule has 5 rings (SSSR count). The second-order valence-electron chi connectivity index (χ2n) is 7.80. The van der Waals surface area contributed by atoms with Gasteiger partial charge in [0.05, 0.1) is 5.52 Å². The minimum atomic E-state index is -5.08. The molecule has 0 unspecified atom stereocenters. The van der Waals surface area contributed by atoms with E-state index in [1.807, 2.05) is 19.2 Å². The number of aromatic amines is 2. The predicted molar refractivity (Wildman–Crippen MR) is 114 cm³/mol. The van der Waals surface area contributed by atoms with E-state index in [0.717, 1.165) is 40.3 Å². The molecular formula is C22H22F3N5O2. The van der Waals surface area contributed by atoms with Gasteiger partial charge in [-0.3, -0.25) is 0 Å². The zero-order valence-electron chi connectivity index (χ0n) is 17.3. The van der Waals surface area contributed by atoms with Gasteiger partial charge in [-0.2, -0.15) is 13.2 Å². The Kier molecular flexibility index (Phi) is 5.88. The number of aromatic nitrogens is 4. The number of fused-ring (bicyclic) bond motifs is 2. The number of halogens is 3. The second-order valence-corrected chi connectivity index (χ2v) is 7.80. The van der Waals surface area contributed by atoms with Crippen LogP contribution in [0.5, 0.6) is 0 Å². The van der Waals surface area contributed by atoms with Crippen LogP contribution < -0.4 is 5.32 Å². The summed E-state index contributed by atoms with van der Waals surface area (Å²) in [5.74, 6) is -1.87. The summed E-state index contributed by atoms with van der Waals surface area (Å²) in [4.78, 5) is 24.5. The molecule has 168 valence electrons. The number of carboxylic acids is 1. The highest BCUT2D eigenvalue weighted by Crippen LogP contribution is 2.29. The highest BCUT2D eigenvalue weighted by Gasteiger charge is 2.38. The van der Waals surface area contributed by atoms with E-state index in [1.165, 1.54) is 30.2 Å². The van der Waals surface area contributed by atoms with Crippen molar-refractivity contribution in [1.82, 2.24) is 25.3 Å². The molecule has 4 N–H and O–H groups in total. The molecular weight excluding hydrogens is 423 g/mol. The normalized spacial score (nSPS) is 14.2. The van der Waals surface area contributed by atoms with Gasteiger partial charge >= 0.3 is 12.1 Å². The van der Waals surface area contributed by atoms with Gasteiger partial charge in [0.2, 0.25) is 0 Å². The maximum atomic E-state index is 10.6. The summed E-state index contributed by atoms with van der Waals surface area (Å²) in [6, 6.07) is 11.6. The third-order valence-electron chi connectivity index (χ3n) is 5.43. The Hall–Kier alpha value is -3.40. The summed E-state index contributed by atoms with van der Waals surface area (Å²) in [5, 5.41) is 12.0. The van der Waals surface area contributed by atoms with Gasteiger partial charge in [0.15, 0.2) is 5.65 Å². The quantitative estimate of drug-likeness (QED) is 0.365. The third-order valence-corrected chi connectivity index (χ3v) is 5.43. The lowest BCUT2D eigenvalue weighted by atomic mass is 9.93. The van der Waals surface area contributed by atoms with E-state index in [4.69, 9.17) is 9.90 Å². The van der Waals surface area contributed by atoms with Crippen LogP contribution in [0.2, 0.25) is 0 Å². The average Bonchev–Trinajstić information content (AvgIpc) is 3.28. The molecule has 1 aliphatic rings. The van der Waals surface area contributed by atoms with Gasteiger partial charge in [0, 0.05) is 40.9 Å². The molecule has 0 bridgehead atoms. The highest BCUT2D eigenvalue weighted by atomic mass is 19.4. The van der Waals surface area contributed by atoms with Crippen molar-refractivity contribution in [3.63, 3.8) is 0 Å². The summed E-state index contributed by atoms with van der Waals surface area (Å²) in [6.07, 6.45) is 0.735. The first-order chi connectivity index (χ1) is 15.2. The summed E-state index contributed by atoms with van der Waals surface area (Å²) in [5.41, 5.74) is 6.44. The number of carboxylic acid groups (broad SMARTS) is 1. The van der Waals surface area contributed by atoms with Crippen LogP contribution in [0.3, 0.4) is 0 Å². The van der Waals surface area contributed by atoms with Gasteiger partial charge < -0.3 is 20.4 Å². The maximum absolute atomic E-state index is 10.6. The first kappa shape index (κ1) is 21.8. The molecule has 1 aromatic carbocycles. The van der Waals surface area contributed by atoms with Crippen molar-refractivity contribution in [2.24, 2.45) is 0 Å². The van der Waals surface area contributed by atoms with Gasteiger partial charge in [0.1, 0.15) is 5.82 Å². The van der Waals surface area contributed by atoms with Crippen molar-refractivity contribution in [2.75, 3.05) is 0 Å². The van der Waals surface area contributed by atoms with E-state index in [-0.39, 0.29) is 0 Å². The van der Waals surface area contributed by atoms with E-state index >= 15 is 0 Å². The Morgan fingerprint density at radius 3 is 2.62 bits per heavy atom. The number of H-pyrrole nitrogens is 2. The summed E-state index contributed by atoms with van der Waals surface area (Å²) >= 11 is 0. The minimum absolute atomic E-state index is 0.714. The highest BCUT2D eigenvalue weighted by molar-refractivity contribution is 5.94. The van der Waals surface area contributed by atoms with E-state index < -0.39 is 12.1 Å². The number of rotatable bonds is 4. The molecule has 4 aromatic rings. The van der Waals surface area contributed by atoms with Crippen molar-refractivity contribution in [2.45, 2.75) is 44.9 Å². The number of pyridine rings is 1. The van der Waals surface area contributed by atoms with Crippen molar-refractivity contribution in [1.29, 1.82) is 0 Å². The third kappa shape index (κ3) is 4.75. The summed E-state index contributed by atoms with van der Waals surface area (Å²) in [6.45, 7) is 2.90. The number of nitrogens with one attached hydrogen (secondary N) is 3. The van der Waals surface area contributed by atoms with Gasteiger partial charge in [-0.25, -0.2) is 14.8 Å². The Balaban J connectivity index is 0.000000307. The van der Waals surface area contributed by atoms with Gasteiger partial charge in [-0.05, 0) is 49.6 Å². The molecule has 1 aliphatic carbocycles. The second kappa shape index (κ2) is 8.62. The summed E-state index contributed by atoms with van der Waals surface area (Å²) in [7, 11) is 0. The molecule has 0 atom stereocenters. The number of imidazole rings is 1. The molecule has 1 saturated carbocycles. The van der Waals surface area contributed by atoms with E-state index in [0.29, 0.717) is 6.04 Å². The Bertz CT molecular complexity index is 1260. The minimum Gasteiger partial charge on any atom is -0.475 e. The van der Waals surface area contributed by atoms with Crippen LogP contribution in [0.15, 0.2) is 36.5 Å². The molecule has 10 heteroatoms. The van der Waals surface area contributed by atoms with Crippen LogP contribution in [-0.2, 0) is 11.3 Å². The topological polar surface area (TPSA) is 107 Å². The summed E-state index contributed by atoms with van der Waals surface area (Å²) < 4.78 is 31.7. The predicted octanol–water partition coefficient (Wildman–Crippen LogP) is 4.69. The Morgan fingerprint density at radius 1 is 1.22 bits per heavy atom. The zero-order valence-corrected chi connectivity index (χ0v) is 17.3. The fraction of sp³-hybridized carbons (Fsp3) is 0.318. The van der Waals surface area contributed by atoms with Gasteiger partial charge in [-0.1, -0.05) is 12.5 Å². The molecule has 32 heavy (non-hydrogen) atoms. The largest absolute Gasteiger partial charge is 0.490 e. The standard InChI is InChI=1S/C20H21N5.C2HF3O2/c1-12-23-19-16(7-8-21-20(19)24-12)18-10-14-9-13(5-6-17(14)25-18)11-22-15-3-2-4-15;3-2(4,5)1(6)7/h5-10,15,22,25H,2-4,11H2,1H3,(H,21,23,24);(H,6,7). The SMILES string of the molecule is Cc1nc2nccc(-c3cc4cc(CNC5CCC5)ccc4[nH]3)c2[nH]1.O=C(O)C(F)(F)F. The molecule has 0 aliphatic heterocycles. The first-order valence-corrected chi connectivity index (χ1v) is 10.2. The Morgan fingerprint density at radius 2 is 1.97 bits per heavy atom.